The van der Waals surface area contributed by atoms with Crippen molar-refractivity contribution in [1.82, 2.24) is 0 Å². The van der Waals surface area contributed by atoms with Gasteiger partial charge in [0.2, 0.25) is 0 Å². The molecule has 3 N–H and O–H groups in total. The molecule has 0 aliphatic rings. The molecule has 0 aliphatic heterocycles. The van der Waals surface area contributed by atoms with E-state index in [1.807, 2.05) is 0 Å². The predicted molar refractivity (Wildman–Crippen MR) is 395 cm³/mol. The Balaban J connectivity index is 5.25. The fraction of sp³-hybridized carbons (Fsp3) is 0.949. The second-order valence-electron chi connectivity index (χ2n) is 29.1. The predicted octanol–water partition coefficient (Wildman–Crippen LogP) is 23.0. The molecule has 0 aliphatic carbocycles. The summed E-state index contributed by atoms with van der Waals surface area (Å²) in [5.41, 5.74) is 0. The Hall–Kier alpha value is -1.94. The average molecular weight is 1420 g/mol. The zero-order valence-corrected chi connectivity index (χ0v) is 65.3. The van der Waals surface area contributed by atoms with Crippen LogP contribution >= 0.6 is 15.6 Å². The highest BCUT2D eigenvalue weighted by molar-refractivity contribution is 7.47. The molecule has 0 saturated heterocycles. The van der Waals surface area contributed by atoms with Crippen LogP contribution in [0.5, 0.6) is 0 Å². The second-order valence-corrected chi connectivity index (χ2v) is 32.0. The maximum atomic E-state index is 13.1. The number of phosphoric acid groups is 2. The standard InChI is InChI=1S/C78H152O17P2/c1-8-11-12-13-14-15-31-38-45-52-59-75(80)88-65-73(95-78(83)62-55-48-41-34-27-25-30-37-44-51-58-71(7)10-3)67-92-96(84,85)90-63-72(79)64-91-97(86,87)93-68-74(66-89-76(81)60-53-46-39-32-26-24-29-36-43-50-57-70(6)9-2)94-77(82)61-54-47-40-33-23-21-19-17-16-18-20-22-28-35-42-49-56-69(4)5/h69-74,79H,8-68H2,1-7H3,(H,84,85)(H,86,87)/t70?,71?,72-,73+,74+/m0/s1. The van der Waals surface area contributed by atoms with Crippen LogP contribution in [0.4, 0.5) is 0 Å². The van der Waals surface area contributed by atoms with Crippen LogP contribution in [-0.4, -0.2) is 96.7 Å². The number of carbonyl (C=O) groups is 4. The fourth-order valence-electron chi connectivity index (χ4n) is 11.9. The Morgan fingerprint density at radius 2 is 0.526 bits per heavy atom. The van der Waals surface area contributed by atoms with Crippen LogP contribution < -0.4 is 0 Å². The van der Waals surface area contributed by atoms with E-state index >= 15 is 0 Å². The minimum Gasteiger partial charge on any atom is -0.462 e. The van der Waals surface area contributed by atoms with Crippen molar-refractivity contribution in [3.63, 3.8) is 0 Å². The van der Waals surface area contributed by atoms with Crippen LogP contribution in [-0.2, 0) is 65.4 Å². The molecule has 0 spiro atoms. The third-order valence-electron chi connectivity index (χ3n) is 18.9. The number of hydrogen-bond acceptors (Lipinski definition) is 15. The van der Waals surface area contributed by atoms with Gasteiger partial charge in [0, 0.05) is 25.7 Å². The molecule has 0 radical (unpaired) electrons. The highest BCUT2D eigenvalue weighted by Crippen LogP contribution is 2.45. The molecule has 0 saturated carbocycles. The van der Waals surface area contributed by atoms with Gasteiger partial charge in [-0.05, 0) is 43.4 Å². The van der Waals surface area contributed by atoms with Gasteiger partial charge < -0.3 is 33.8 Å². The van der Waals surface area contributed by atoms with E-state index in [0.29, 0.717) is 25.7 Å². The van der Waals surface area contributed by atoms with Crippen LogP contribution in [0.2, 0.25) is 0 Å². The van der Waals surface area contributed by atoms with Crippen LogP contribution in [0.3, 0.4) is 0 Å². The maximum absolute atomic E-state index is 13.1. The molecule has 7 atom stereocenters. The molecule has 0 aromatic carbocycles. The molecule has 0 amide bonds. The van der Waals surface area contributed by atoms with Crippen molar-refractivity contribution in [2.45, 2.75) is 420 Å². The van der Waals surface area contributed by atoms with Crippen molar-refractivity contribution in [3.05, 3.63) is 0 Å². The molecule has 576 valence electrons. The number of rotatable bonds is 76. The summed E-state index contributed by atoms with van der Waals surface area (Å²) in [7, 11) is -9.92. The van der Waals surface area contributed by atoms with Crippen molar-refractivity contribution < 1.29 is 80.2 Å². The molecule has 97 heavy (non-hydrogen) atoms. The Morgan fingerprint density at radius 3 is 0.784 bits per heavy atom. The van der Waals surface area contributed by atoms with E-state index in [1.165, 1.54) is 212 Å². The summed E-state index contributed by atoms with van der Waals surface area (Å²) in [6, 6.07) is 0. The van der Waals surface area contributed by atoms with Crippen molar-refractivity contribution in [1.29, 1.82) is 0 Å². The van der Waals surface area contributed by atoms with E-state index in [-0.39, 0.29) is 25.7 Å². The van der Waals surface area contributed by atoms with E-state index in [1.54, 1.807) is 0 Å². The first kappa shape index (κ1) is 95.1. The SMILES string of the molecule is CCCCCCCCCCCCC(=O)OC[C@H](COP(=O)(O)OC[C@H](O)COP(=O)(O)OC[C@@H](COC(=O)CCCCCCCCCCCCC(C)CC)OC(=O)CCCCCCCCCCCCCCCCCCC(C)C)OC(=O)CCCCCCCCCCCCC(C)CC. The zero-order valence-electron chi connectivity index (χ0n) is 63.5. The Kier molecular flexibility index (Phi) is 67.1. The monoisotopic (exact) mass is 1420 g/mol. The van der Waals surface area contributed by atoms with E-state index in [4.69, 9.17) is 37.0 Å². The molecule has 4 unspecified atom stereocenters. The van der Waals surface area contributed by atoms with Gasteiger partial charge in [0.1, 0.15) is 19.3 Å². The third-order valence-corrected chi connectivity index (χ3v) is 20.8. The van der Waals surface area contributed by atoms with Crippen LogP contribution in [0, 0.1) is 17.8 Å². The lowest BCUT2D eigenvalue weighted by atomic mass is 9.99. The number of phosphoric ester groups is 2. The minimum atomic E-state index is -4.96. The number of hydrogen-bond donors (Lipinski definition) is 3. The molecular weight excluding hydrogens is 1270 g/mol. The molecular formula is C78H152O17P2. The summed E-state index contributed by atoms with van der Waals surface area (Å²) >= 11 is 0. The molecule has 0 heterocycles. The van der Waals surface area contributed by atoms with Gasteiger partial charge in [0.25, 0.3) is 0 Å². The Labute approximate surface area is 594 Å². The summed E-state index contributed by atoms with van der Waals surface area (Å²) in [4.78, 5) is 72.9. The lowest BCUT2D eigenvalue weighted by Gasteiger charge is -2.21. The van der Waals surface area contributed by atoms with E-state index in [0.717, 1.165) is 108 Å². The van der Waals surface area contributed by atoms with Crippen molar-refractivity contribution in [2.75, 3.05) is 39.6 Å². The number of aliphatic hydroxyl groups is 1. The number of unbranched alkanes of at least 4 members (excludes halogenated alkanes) is 42. The van der Waals surface area contributed by atoms with Crippen LogP contribution in [0.15, 0.2) is 0 Å². The number of ether oxygens (including phenoxy) is 4. The first-order valence-corrected chi connectivity index (χ1v) is 43.4. The van der Waals surface area contributed by atoms with Crippen molar-refractivity contribution >= 4 is 39.5 Å². The third kappa shape index (κ3) is 69.5. The highest BCUT2D eigenvalue weighted by Gasteiger charge is 2.30. The van der Waals surface area contributed by atoms with Crippen LogP contribution in [0.1, 0.15) is 402 Å². The molecule has 0 bridgehead atoms. The van der Waals surface area contributed by atoms with Crippen LogP contribution in [0.25, 0.3) is 0 Å². The molecule has 0 aromatic heterocycles. The average Bonchev–Trinajstić information content (AvgIpc) is 2.80. The maximum Gasteiger partial charge on any atom is 0.472 e. The lowest BCUT2D eigenvalue weighted by Crippen LogP contribution is -2.30. The van der Waals surface area contributed by atoms with Gasteiger partial charge in [0.05, 0.1) is 26.4 Å². The van der Waals surface area contributed by atoms with Gasteiger partial charge in [-0.15, -0.1) is 0 Å². The van der Waals surface area contributed by atoms with E-state index < -0.39 is 97.5 Å². The molecule has 19 heteroatoms. The quantitative estimate of drug-likeness (QED) is 0.0222. The first-order valence-electron chi connectivity index (χ1n) is 40.4. The molecule has 17 nitrogen and oxygen atoms in total. The van der Waals surface area contributed by atoms with Crippen molar-refractivity contribution in [2.24, 2.45) is 17.8 Å². The second kappa shape index (κ2) is 68.5. The number of esters is 4. The minimum absolute atomic E-state index is 0.106. The first-order chi connectivity index (χ1) is 46.8. The van der Waals surface area contributed by atoms with Gasteiger partial charge in [-0.1, -0.05) is 350 Å². The number of aliphatic hydroxyl groups excluding tert-OH is 1. The number of carbonyl (C=O) groups excluding carboxylic acids is 4. The highest BCUT2D eigenvalue weighted by atomic mass is 31.2. The van der Waals surface area contributed by atoms with Gasteiger partial charge in [-0.25, -0.2) is 9.13 Å². The largest absolute Gasteiger partial charge is 0.472 e. The summed E-state index contributed by atoms with van der Waals surface area (Å²) in [6.45, 7) is 12.0. The molecule has 0 rings (SSSR count). The van der Waals surface area contributed by atoms with Gasteiger partial charge in [0.15, 0.2) is 12.2 Å². The van der Waals surface area contributed by atoms with Gasteiger partial charge >= 0.3 is 39.5 Å². The Bertz CT molecular complexity index is 1890. The van der Waals surface area contributed by atoms with E-state index in [9.17, 15) is 43.2 Å². The normalized spacial score (nSPS) is 14.6. The lowest BCUT2D eigenvalue weighted by molar-refractivity contribution is -0.161. The molecule has 0 fully saturated rings. The summed E-state index contributed by atoms with van der Waals surface area (Å²) in [6.07, 6.45) is 55.3. The summed E-state index contributed by atoms with van der Waals surface area (Å²) < 4.78 is 68.6. The fourth-order valence-corrected chi connectivity index (χ4v) is 13.5. The zero-order chi connectivity index (χ0) is 71.6. The topological polar surface area (TPSA) is 237 Å². The van der Waals surface area contributed by atoms with Gasteiger partial charge in [-0.3, -0.25) is 37.3 Å². The van der Waals surface area contributed by atoms with Gasteiger partial charge in [-0.2, -0.15) is 0 Å². The summed E-state index contributed by atoms with van der Waals surface area (Å²) in [5, 5.41) is 10.6. The smallest absolute Gasteiger partial charge is 0.462 e. The summed E-state index contributed by atoms with van der Waals surface area (Å²) in [5.74, 6) is 0.307. The van der Waals surface area contributed by atoms with E-state index in [2.05, 4.69) is 48.5 Å². The Morgan fingerprint density at radius 1 is 0.299 bits per heavy atom. The molecule has 0 aromatic rings. The van der Waals surface area contributed by atoms with Crippen molar-refractivity contribution in [3.8, 4) is 0 Å².